The molecular formula is C22H22N2OS. The van der Waals surface area contributed by atoms with Gasteiger partial charge in [-0.25, -0.2) is 0 Å². The van der Waals surface area contributed by atoms with Crippen molar-refractivity contribution in [3.63, 3.8) is 0 Å². The van der Waals surface area contributed by atoms with E-state index in [0.717, 1.165) is 36.4 Å². The second kappa shape index (κ2) is 6.96. The maximum atomic E-state index is 12.7. The first kappa shape index (κ1) is 16.9. The summed E-state index contributed by atoms with van der Waals surface area (Å²) in [5.74, 6) is -0.0613. The van der Waals surface area contributed by atoms with E-state index in [4.69, 9.17) is 0 Å². The second-order valence-electron chi connectivity index (χ2n) is 6.81. The Morgan fingerprint density at radius 2 is 1.92 bits per heavy atom. The van der Waals surface area contributed by atoms with Gasteiger partial charge in [-0.05, 0) is 72.7 Å². The van der Waals surface area contributed by atoms with Gasteiger partial charge in [0.2, 0.25) is 0 Å². The van der Waals surface area contributed by atoms with Crippen molar-refractivity contribution in [1.82, 2.24) is 0 Å². The highest BCUT2D eigenvalue weighted by Gasteiger charge is 2.20. The maximum absolute atomic E-state index is 12.7. The molecule has 4 rings (SSSR count). The zero-order chi connectivity index (χ0) is 18.1. The molecule has 0 fully saturated rings. The molecule has 2 heterocycles. The number of anilines is 2. The Morgan fingerprint density at radius 1 is 1.08 bits per heavy atom. The van der Waals surface area contributed by atoms with Crippen LogP contribution in [0.1, 0.15) is 31.9 Å². The Morgan fingerprint density at radius 3 is 2.77 bits per heavy atom. The smallest absolute Gasteiger partial charge is 0.255 e. The molecule has 0 spiro atoms. The fourth-order valence-electron chi connectivity index (χ4n) is 3.39. The Bertz CT molecular complexity index is 960. The van der Waals surface area contributed by atoms with E-state index in [0.29, 0.717) is 5.56 Å². The zero-order valence-corrected chi connectivity index (χ0v) is 15.9. The standard InChI is InChI=1S/C22H22N2OS/c1-15-7-8-17(13-16(15)2)22(25)23-19-5-3-4-6-20(19)24-11-9-21-18(14-24)10-12-26-21/h3-8,10,12-13H,9,11,14H2,1-2H3,(H,23,25). The number of hydrogen-bond donors (Lipinski definition) is 1. The van der Waals surface area contributed by atoms with Gasteiger partial charge < -0.3 is 10.2 Å². The van der Waals surface area contributed by atoms with Crippen LogP contribution in [0.3, 0.4) is 0 Å². The first-order valence-electron chi connectivity index (χ1n) is 8.89. The summed E-state index contributed by atoms with van der Waals surface area (Å²) in [7, 11) is 0. The third-order valence-corrected chi connectivity index (χ3v) is 6.09. The van der Waals surface area contributed by atoms with Crippen LogP contribution in [-0.2, 0) is 13.0 Å². The highest BCUT2D eigenvalue weighted by molar-refractivity contribution is 7.10. The predicted molar refractivity (Wildman–Crippen MR) is 109 cm³/mol. The molecule has 1 amide bonds. The van der Waals surface area contributed by atoms with Crippen LogP contribution in [0.5, 0.6) is 0 Å². The van der Waals surface area contributed by atoms with Gasteiger partial charge in [0.25, 0.3) is 5.91 Å². The number of benzene rings is 2. The highest BCUT2D eigenvalue weighted by Crippen LogP contribution is 2.32. The lowest BCUT2D eigenvalue weighted by Crippen LogP contribution is -2.30. The molecular weight excluding hydrogens is 340 g/mol. The molecule has 1 aliphatic heterocycles. The summed E-state index contributed by atoms with van der Waals surface area (Å²) < 4.78 is 0. The van der Waals surface area contributed by atoms with Gasteiger partial charge in [-0.1, -0.05) is 18.2 Å². The van der Waals surface area contributed by atoms with E-state index in [9.17, 15) is 4.79 Å². The van der Waals surface area contributed by atoms with Crippen molar-refractivity contribution in [1.29, 1.82) is 0 Å². The molecule has 0 saturated carbocycles. The van der Waals surface area contributed by atoms with Gasteiger partial charge in [0, 0.05) is 23.5 Å². The SMILES string of the molecule is Cc1ccc(C(=O)Nc2ccccc2N2CCc3sccc3C2)cc1C. The Hall–Kier alpha value is -2.59. The van der Waals surface area contributed by atoms with Crippen LogP contribution >= 0.6 is 11.3 Å². The fourth-order valence-corrected chi connectivity index (χ4v) is 4.28. The first-order chi connectivity index (χ1) is 12.6. The molecule has 0 bridgehead atoms. The van der Waals surface area contributed by atoms with Crippen molar-refractivity contribution >= 4 is 28.6 Å². The number of para-hydroxylation sites is 2. The van der Waals surface area contributed by atoms with Crippen LogP contribution < -0.4 is 10.2 Å². The van der Waals surface area contributed by atoms with E-state index in [1.165, 1.54) is 16.0 Å². The lowest BCUT2D eigenvalue weighted by Gasteiger charge is -2.30. The summed E-state index contributed by atoms with van der Waals surface area (Å²) in [5, 5.41) is 5.28. The van der Waals surface area contributed by atoms with Gasteiger partial charge in [0.15, 0.2) is 0 Å². The number of nitrogens with one attached hydrogen (secondary N) is 1. The fraction of sp³-hybridized carbons (Fsp3) is 0.227. The van der Waals surface area contributed by atoms with Gasteiger partial charge in [-0.3, -0.25) is 4.79 Å². The number of thiophene rings is 1. The number of carbonyl (C=O) groups is 1. The van der Waals surface area contributed by atoms with Crippen LogP contribution in [-0.4, -0.2) is 12.5 Å². The Balaban J connectivity index is 1.58. The first-order valence-corrected chi connectivity index (χ1v) is 9.77. The van der Waals surface area contributed by atoms with E-state index in [-0.39, 0.29) is 5.91 Å². The number of amides is 1. The monoisotopic (exact) mass is 362 g/mol. The van der Waals surface area contributed by atoms with Crippen molar-refractivity contribution in [2.75, 3.05) is 16.8 Å². The van der Waals surface area contributed by atoms with Crippen molar-refractivity contribution < 1.29 is 4.79 Å². The summed E-state index contributed by atoms with van der Waals surface area (Å²) in [6, 6.07) is 16.1. The molecule has 1 aliphatic rings. The molecule has 0 atom stereocenters. The summed E-state index contributed by atoms with van der Waals surface area (Å²) in [5.41, 5.74) is 6.38. The summed E-state index contributed by atoms with van der Waals surface area (Å²) in [6.07, 6.45) is 1.06. The lowest BCUT2D eigenvalue weighted by atomic mass is 10.1. The quantitative estimate of drug-likeness (QED) is 0.696. The minimum atomic E-state index is -0.0613. The molecule has 3 nitrogen and oxygen atoms in total. The largest absolute Gasteiger partial charge is 0.365 e. The summed E-state index contributed by atoms with van der Waals surface area (Å²) in [6.45, 7) is 5.97. The number of rotatable bonds is 3. The van der Waals surface area contributed by atoms with Crippen molar-refractivity contribution in [3.05, 3.63) is 81.0 Å². The molecule has 2 aromatic carbocycles. The number of fused-ring (bicyclic) bond motifs is 1. The molecule has 4 heteroatoms. The van der Waals surface area contributed by atoms with Gasteiger partial charge >= 0.3 is 0 Å². The van der Waals surface area contributed by atoms with E-state index in [1.807, 2.05) is 54.7 Å². The van der Waals surface area contributed by atoms with Crippen LogP contribution in [0.2, 0.25) is 0 Å². The second-order valence-corrected chi connectivity index (χ2v) is 7.81. The highest BCUT2D eigenvalue weighted by atomic mass is 32.1. The van der Waals surface area contributed by atoms with Crippen molar-refractivity contribution in [2.45, 2.75) is 26.8 Å². The third kappa shape index (κ3) is 3.25. The average Bonchev–Trinajstić information content (AvgIpc) is 3.12. The van der Waals surface area contributed by atoms with E-state index >= 15 is 0 Å². The van der Waals surface area contributed by atoms with Crippen LogP contribution in [0.15, 0.2) is 53.9 Å². The summed E-state index contributed by atoms with van der Waals surface area (Å²) >= 11 is 1.84. The van der Waals surface area contributed by atoms with E-state index in [1.54, 1.807) is 0 Å². The minimum absolute atomic E-state index is 0.0613. The molecule has 132 valence electrons. The molecule has 1 aromatic heterocycles. The van der Waals surface area contributed by atoms with Crippen molar-refractivity contribution in [3.8, 4) is 0 Å². The molecule has 3 aromatic rings. The molecule has 1 N–H and O–H groups in total. The van der Waals surface area contributed by atoms with Crippen molar-refractivity contribution in [2.24, 2.45) is 0 Å². The number of carbonyl (C=O) groups excluding carboxylic acids is 1. The molecule has 0 aliphatic carbocycles. The number of aryl methyl sites for hydroxylation is 2. The molecule has 0 unspecified atom stereocenters. The Labute approximate surface area is 158 Å². The normalized spacial score (nSPS) is 13.4. The van der Waals surface area contributed by atoms with Gasteiger partial charge in [-0.2, -0.15) is 0 Å². The zero-order valence-electron chi connectivity index (χ0n) is 15.1. The van der Waals surface area contributed by atoms with Crippen LogP contribution in [0, 0.1) is 13.8 Å². The summed E-state index contributed by atoms with van der Waals surface area (Å²) in [4.78, 5) is 16.6. The average molecular weight is 362 g/mol. The van der Waals surface area contributed by atoms with Gasteiger partial charge in [0.1, 0.15) is 0 Å². The van der Waals surface area contributed by atoms with Crippen LogP contribution in [0.4, 0.5) is 11.4 Å². The molecule has 0 radical (unpaired) electrons. The van der Waals surface area contributed by atoms with Gasteiger partial charge in [0.05, 0.1) is 11.4 Å². The number of nitrogens with zero attached hydrogens (tertiary/aromatic N) is 1. The number of hydrogen-bond acceptors (Lipinski definition) is 3. The molecule has 0 saturated heterocycles. The Kier molecular flexibility index (Phi) is 4.51. The van der Waals surface area contributed by atoms with Crippen LogP contribution in [0.25, 0.3) is 0 Å². The van der Waals surface area contributed by atoms with E-state index < -0.39 is 0 Å². The third-order valence-electron chi connectivity index (χ3n) is 5.07. The molecule has 26 heavy (non-hydrogen) atoms. The lowest BCUT2D eigenvalue weighted by molar-refractivity contribution is 0.102. The van der Waals surface area contributed by atoms with Gasteiger partial charge in [-0.15, -0.1) is 11.3 Å². The maximum Gasteiger partial charge on any atom is 0.255 e. The minimum Gasteiger partial charge on any atom is -0.365 e. The van der Waals surface area contributed by atoms with E-state index in [2.05, 4.69) is 34.7 Å². The topological polar surface area (TPSA) is 32.3 Å². The predicted octanol–water partition coefficient (Wildman–Crippen LogP) is 5.18.